The molecule has 1 amide bonds. The largest absolute Gasteiger partial charge is 0.549 e. The highest BCUT2D eigenvalue weighted by Crippen LogP contribution is 2.36. The zero-order chi connectivity index (χ0) is 20.5. The summed E-state index contributed by atoms with van der Waals surface area (Å²) >= 11 is 7.02. The van der Waals surface area contributed by atoms with E-state index in [1.165, 1.54) is 0 Å². The van der Waals surface area contributed by atoms with Gasteiger partial charge < -0.3 is 19.4 Å². The number of aliphatic carboxylic acids is 1. The Bertz CT molecular complexity index is 1000. The highest BCUT2D eigenvalue weighted by molar-refractivity contribution is 8.00. The molecule has 0 saturated carbocycles. The summed E-state index contributed by atoms with van der Waals surface area (Å²) in [6.07, 6.45) is 0.954. The Morgan fingerprint density at radius 3 is 2.55 bits per heavy atom. The first kappa shape index (κ1) is 20.0. The van der Waals surface area contributed by atoms with Gasteiger partial charge in [-0.3, -0.25) is 9.59 Å². The lowest BCUT2D eigenvalue weighted by Crippen LogP contribution is -2.49. The Labute approximate surface area is 177 Å². The molecule has 2 bridgehead atoms. The SMILES string of the molecule is O=C([O-])CSCC(=O)N1C[C@@H]2C[C@H](C1)c1ccc(-c3ccc(Cl)cc3)c(=O)n1C2. The van der Waals surface area contributed by atoms with Crippen LogP contribution in [0.5, 0.6) is 0 Å². The quantitative estimate of drug-likeness (QED) is 0.718. The normalized spacial score (nSPS) is 20.2. The highest BCUT2D eigenvalue weighted by Gasteiger charge is 2.36. The van der Waals surface area contributed by atoms with Crippen LogP contribution in [0, 0.1) is 5.92 Å². The summed E-state index contributed by atoms with van der Waals surface area (Å²) in [5.41, 5.74) is 2.44. The van der Waals surface area contributed by atoms with Crippen LogP contribution in [0.25, 0.3) is 11.1 Å². The summed E-state index contributed by atoms with van der Waals surface area (Å²) in [6.45, 7) is 1.74. The maximum absolute atomic E-state index is 13.1. The predicted molar refractivity (Wildman–Crippen MR) is 111 cm³/mol. The van der Waals surface area contributed by atoms with E-state index in [0.717, 1.165) is 29.4 Å². The van der Waals surface area contributed by atoms with E-state index in [4.69, 9.17) is 11.6 Å². The average Bonchev–Trinajstić information content (AvgIpc) is 2.69. The second-order valence-corrected chi connectivity index (χ2v) is 8.98. The smallest absolute Gasteiger partial charge is 0.258 e. The Morgan fingerprint density at radius 1 is 1.07 bits per heavy atom. The van der Waals surface area contributed by atoms with Crippen LogP contribution in [0.2, 0.25) is 5.02 Å². The second kappa shape index (κ2) is 8.24. The third-order valence-corrected chi connectivity index (χ3v) is 6.70. The number of aromatic nitrogens is 1. The van der Waals surface area contributed by atoms with Gasteiger partial charge in [-0.25, -0.2) is 0 Å². The van der Waals surface area contributed by atoms with Crippen LogP contribution in [0.4, 0.5) is 0 Å². The topological polar surface area (TPSA) is 82.4 Å². The number of pyridine rings is 1. The standard InChI is InChI=1S/C21H21ClN2O4S/c22-16-3-1-14(2-4-16)17-5-6-18-15-7-13(9-24(18)21(17)28)8-23(10-15)19(25)11-29-12-20(26)27/h1-6,13,15H,7-12H2,(H,26,27)/p-1/t13-,15+/m0/s1. The summed E-state index contributed by atoms with van der Waals surface area (Å²) < 4.78 is 1.86. The van der Waals surface area contributed by atoms with E-state index in [-0.39, 0.29) is 34.8 Å². The molecule has 0 aliphatic carbocycles. The molecular formula is C21H20ClN2O4S-. The van der Waals surface area contributed by atoms with Crippen LogP contribution in [-0.2, 0) is 16.1 Å². The maximum atomic E-state index is 13.1. The molecule has 1 fully saturated rings. The Kier molecular flexibility index (Phi) is 5.69. The number of carboxylic acid groups (broad SMARTS) is 1. The van der Waals surface area contributed by atoms with Crippen LogP contribution in [-0.4, -0.2) is 45.9 Å². The number of amides is 1. The number of fused-ring (bicyclic) bond motifs is 4. The molecule has 1 aromatic heterocycles. The summed E-state index contributed by atoms with van der Waals surface area (Å²) in [4.78, 5) is 37.9. The number of benzene rings is 1. The van der Waals surface area contributed by atoms with E-state index >= 15 is 0 Å². The molecule has 29 heavy (non-hydrogen) atoms. The zero-order valence-corrected chi connectivity index (χ0v) is 17.2. The van der Waals surface area contributed by atoms with Gasteiger partial charge in [-0.1, -0.05) is 23.7 Å². The first-order valence-corrected chi connectivity index (χ1v) is 11.0. The molecule has 0 spiro atoms. The molecule has 6 nitrogen and oxygen atoms in total. The first-order chi connectivity index (χ1) is 13.9. The van der Waals surface area contributed by atoms with E-state index in [1.807, 2.05) is 33.7 Å². The van der Waals surface area contributed by atoms with Crippen molar-refractivity contribution in [1.82, 2.24) is 9.47 Å². The van der Waals surface area contributed by atoms with Crippen LogP contribution in [0.1, 0.15) is 18.0 Å². The third kappa shape index (κ3) is 4.21. The third-order valence-electron chi connectivity index (χ3n) is 5.56. The molecule has 4 rings (SSSR count). The molecule has 3 heterocycles. The van der Waals surface area contributed by atoms with Gasteiger partial charge in [0.1, 0.15) is 0 Å². The van der Waals surface area contributed by atoms with Gasteiger partial charge in [0.2, 0.25) is 5.91 Å². The van der Waals surface area contributed by atoms with Crippen molar-refractivity contribution in [2.75, 3.05) is 24.6 Å². The van der Waals surface area contributed by atoms with Gasteiger partial charge in [-0.15, -0.1) is 11.8 Å². The lowest BCUT2D eigenvalue weighted by atomic mass is 9.82. The number of carbonyl (C=O) groups excluding carboxylic acids is 2. The van der Waals surface area contributed by atoms with E-state index in [9.17, 15) is 19.5 Å². The minimum absolute atomic E-state index is 0.0104. The molecular weight excluding hydrogens is 412 g/mol. The van der Waals surface area contributed by atoms with Crippen molar-refractivity contribution in [3.63, 3.8) is 0 Å². The fourth-order valence-electron chi connectivity index (χ4n) is 4.31. The van der Waals surface area contributed by atoms with E-state index in [0.29, 0.717) is 30.2 Å². The van der Waals surface area contributed by atoms with Crippen molar-refractivity contribution >= 4 is 35.2 Å². The number of carbonyl (C=O) groups is 2. The molecule has 2 aliphatic heterocycles. The minimum Gasteiger partial charge on any atom is -0.549 e. The Hall–Kier alpha value is -2.25. The van der Waals surface area contributed by atoms with E-state index < -0.39 is 5.97 Å². The van der Waals surface area contributed by atoms with Gasteiger partial charge in [-0.2, -0.15) is 0 Å². The van der Waals surface area contributed by atoms with Crippen LogP contribution in [0.15, 0.2) is 41.2 Å². The Balaban J connectivity index is 1.55. The first-order valence-electron chi connectivity index (χ1n) is 9.47. The highest BCUT2D eigenvalue weighted by atomic mass is 35.5. The number of thioether (sulfide) groups is 1. The van der Waals surface area contributed by atoms with Crippen molar-refractivity contribution in [1.29, 1.82) is 0 Å². The van der Waals surface area contributed by atoms with Crippen LogP contribution in [0.3, 0.4) is 0 Å². The maximum Gasteiger partial charge on any atom is 0.258 e. The number of likely N-dealkylation sites (tertiary alicyclic amines) is 1. The van der Waals surface area contributed by atoms with Gasteiger partial charge in [0, 0.05) is 47.6 Å². The fraction of sp³-hybridized carbons (Fsp3) is 0.381. The molecule has 152 valence electrons. The molecule has 2 aromatic rings. The summed E-state index contributed by atoms with van der Waals surface area (Å²) in [7, 11) is 0. The zero-order valence-electron chi connectivity index (χ0n) is 15.7. The molecule has 0 radical (unpaired) electrons. The number of carboxylic acids is 1. The van der Waals surface area contributed by atoms with Crippen molar-refractivity contribution in [2.24, 2.45) is 5.92 Å². The summed E-state index contributed by atoms with van der Waals surface area (Å²) in [5, 5.41) is 11.2. The number of rotatable bonds is 5. The van der Waals surface area contributed by atoms with Gasteiger partial charge in [0.15, 0.2) is 0 Å². The summed E-state index contributed by atoms with van der Waals surface area (Å²) in [5.74, 6) is -0.935. The molecule has 2 atom stereocenters. The van der Waals surface area contributed by atoms with Crippen molar-refractivity contribution in [2.45, 2.75) is 18.9 Å². The molecule has 2 aliphatic rings. The lowest BCUT2D eigenvalue weighted by Gasteiger charge is -2.43. The van der Waals surface area contributed by atoms with E-state index in [1.54, 1.807) is 12.1 Å². The van der Waals surface area contributed by atoms with E-state index in [2.05, 4.69) is 0 Å². The number of halogens is 1. The monoisotopic (exact) mass is 431 g/mol. The summed E-state index contributed by atoms with van der Waals surface area (Å²) in [6, 6.07) is 11.1. The van der Waals surface area contributed by atoms with Gasteiger partial charge in [-0.05, 0) is 42.2 Å². The van der Waals surface area contributed by atoms with Gasteiger partial charge in [0.05, 0.1) is 11.7 Å². The van der Waals surface area contributed by atoms with Crippen molar-refractivity contribution in [3.8, 4) is 11.1 Å². The average molecular weight is 432 g/mol. The van der Waals surface area contributed by atoms with Crippen molar-refractivity contribution < 1.29 is 14.7 Å². The molecule has 1 aromatic carbocycles. The lowest BCUT2D eigenvalue weighted by molar-refractivity contribution is -0.301. The molecule has 8 heteroatoms. The molecule has 1 saturated heterocycles. The van der Waals surface area contributed by atoms with Crippen LogP contribution < -0.4 is 10.7 Å². The number of nitrogens with zero attached hydrogens (tertiary/aromatic N) is 2. The van der Waals surface area contributed by atoms with Gasteiger partial charge >= 0.3 is 0 Å². The van der Waals surface area contributed by atoms with Crippen molar-refractivity contribution in [3.05, 3.63) is 57.5 Å². The Morgan fingerprint density at radius 2 is 1.83 bits per heavy atom. The number of hydrogen-bond donors (Lipinski definition) is 0. The minimum atomic E-state index is -1.16. The number of hydrogen-bond acceptors (Lipinski definition) is 5. The molecule has 0 N–H and O–H groups in total. The number of piperidine rings is 1. The second-order valence-electron chi connectivity index (χ2n) is 7.56. The predicted octanol–water partition coefficient (Wildman–Crippen LogP) is 1.60. The molecule has 0 unspecified atom stereocenters. The van der Waals surface area contributed by atoms with Gasteiger partial charge in [0.25, 0.3) is 5.56 Å². The fourth-order valence-corrected chi connectivity index (χ4v) is 5.06. The van der Waals surface area contributed by atoms with Crippen LogP contribution >= 0.6 is 23.4 Å².